The molecule has 0 aliphatic carbocycles. The molecule has 0 aliphatic heterocycles. The Balaban J connectivity index is 2.01. The SMILES string of the molecule is CCCCCCCCN=Cc1ccncc1. The van der Waals surface area contributed by atoms with E-state index in [1.54, 1.807) is 12.4 Å². The molecule has 0 saturated heterocycles. The van der Waals surface area contributed by atoms with Crippen LogP contribution in [0, 0.1) is 0 Å². The van der Waals surface area contributed by atoms with Crippen LogP contribution in [0.1, 0.15) is 51.0 Å². The molecule has 2 nitrogen and oxygen atoms in total. The molecule has 1 aromatic rings. The molecule has 0 amide bonds. The average Bonchev–Trinajstić information content (AvgIpc) is 2.34. The Labute approximate surface area is 98.8 Å². The number of unbranched alkanes of at least 4 members (excludes halogenated alkanes) is 5. The first-order valence-electron chi connectivity index (χ1n) is 6.33. The first-order chi connectivity index (χ1) is 7.93. The number of hydrogen-bond donors (Lipinski definition) is 0. The Morgan fingerprint density at radius 2 is 1.75 bits per heavy atom. The molecule has 2 heteroatoms. The first-order valence-corrected chi connectivity index (χ1v) is 6.33. The monoisotopic (exact) mass is 218 g/mol. The van der Waals surface area contributed by atoms with E-state index in [9.17, 15) is 0 Å². The second-order valence-corrected chi connectivity index (χ2v) is 4.08. The lowest BCUT2D eigenvalue weighted by Crippen LogP contribution is -1.86. The molecular formula is C14H22N2. The van der Waals surface area contributed by atoms with Crippen LogP contribution < -0.4 is 0 Å². The topological polar surface area (TPSA) is 25.2 Å². The molecular weight excluding hydrogens is 196 g/mol. The highest BCUT2D eigenvalue weighted by atomic mass is 14.7. The van der Waals surface area contributed by atoms with E-state index in [4.69, 9.17) is 0 Å². The summed E-state index contributed by atoms with van der Waals surface area (Å²) in [5.74, 6) is 0. The normalized spacial score (nSPS) is 11.1. The van der Waals surface area contributed by atoms with Crippen LogP contribution in [0.4, 0.5) is 0 Å². The van der Waals surface area contributed by atoms with Crippen LogP contribution >= 0.6 is 0 Å². The van der Waals surface area contributed by atoms with Crippen LogP contribution in [0.5, 0.6) is 0 Å². The van der Waals surface area contributed by atoms with E-state index in [0.717, 1.165) is 12.1 Å². The summed E-state index contributed by atoms with van der Waals surface area (Å²) < 4.78 is 0. The molecule has 1 heterocycles. The van der Waals surface area contributed by atoms with Gasteiger partial charge in [-0.05, 0) is 24.1 Å². The largest absolute Gasteiger partial charge is 0.293 e. The highest BCUT2D eigenvalue weighted by Crippen LogP contribution is 2.04. The van der Waals surface area contributed by atoms with E-state index in [1.807, 2.05) is 18.3 Å². The molecule has 0 radical (unpaired) electrons. The smallest absolute Gasteiger partial charge is 0.0389 e. The fourth-order valence-corrected chi connectivity index (χ4v) is 1.60. The van der Waals surface area contributed by atoms with Gasteiger partial charge >= 0.3 is 0 Å². The summed E-state index contributed by atoms with van der Waals surface area (Å²) >= 11 is 0. The maximum atomic E-state index is 4.41. The van der Waals surface area contributed by atoms with Crippen LogP contribution in [-0.2, 0) is 0 Å². The minimum Gasteiger partial charge on any atom is -0.293 e. The molecule has 0 unspecified atom stereocenters. The summed E-state index contributed by atoms with van der Waals surface area (Å²) in [4.78, 5) is 8.38. The molecule has 16 heavy (non-hydrogen) atoms. The third-order valence-corrected chi connectivity index (χ3v) is 2.59. The lowest BCUT2D eigenvalue weighted by Gasteiger charge is -1.97. The van der Waals surface area contributed by atoms with Crippen LogP contribution in [-0.4, -0.2) is 17.7 Å². The summed E-state index contributed by atoms with van der Waals surface area (Å²) in [5.41, 5.74) is 1.14. The zero-order valence-corrected chi connectivity index (χ0v) is 10.2. The molecule has 0 bridgehead atoms. The van der Waals surface area contributed by atoms with Crippen LogP contribution in [0.2, 0.25) is 0 Å². The van der Waals surface area contributed by atoms with E-state index < -0.39 is 0 Å². The molecule has 0 saturated carbocycles. The van der Waals surface area contributed by atoms with E-state index >= 15 is 0 Å². The predicted molar refractivity (Wildman–Crippen MR) is 70.1 cm³/mol. The number of aliphatic imine (C=N–C) groups is 1. The van der Waals surface area contributed by atoms with Gasteiger partial charge in [0.2, 0.25) is 0 Å². The van der Waals surface area contributed by atoms with Crippen molar-refractivity contribution >= 4 is 6.21 Å². The summed E-state index contributed by atoms with van der Waals surface area (Å²) in [6.07, 6.45) is 13.5. The quantitative estimate of drug-likeness (QED) is 0.480. The van der Waals surface area contributed by atoms with Gasteiger partial charge in [0.25, 0.3) is 0 Å². The average molecular weight is 218 g/mol. The molecule has 0 fully saturated rings. The van der Waals surface area contributed by atoms with Crippen molar-refractivity contribution in [2.45, 2.75) is 45.4 Å². The van der Waals surface area contributed by atoms with Crippen LogP contribution in [0.3, 0.4) is 0 Å². The number of hydrogen-bond acceptors (Lipinski definition) is 2. The van der Waals surface area contributed by atoms with Crippen molar-refractivity contribution in [1.29, 1.82) is 0 Å². The molecule has 1 aromatic heterocycles. The standard InChI is InChI=1S/C14H22N2/c1-2-3-4-5-6-7-10-16-13-14-8-11-15-12-9-14/h8-9,11-13H,2-7,10H2,1H3. The van der Waals surface area contributed by atoms with Gasteiger partial charge in [0.15, 0.2) is 0 Å². The number of aromatic nitrogens is 1. The molecule has 0 spiro atoms. The summed E-state index contributed by atoms with van der Waals surface area (Å²) in [5, 5.41) is 0. The van der Waals surface area contributed by atoms with Gasteiger partial charge in [-0.2, -0.15) is 0 Å². The van der Waals surface area contributed by atoms with Crippen LogP contribution in [0.25, 0.3) is 0 Å². The maximum absolute atomic E-state index is 4.41. The number of nitrogens with zero attached hydrogens (tertiary/aromatic N) is 2. The van der Waals surface area contributed by atoms with Crippen molar-refractivity contribution in [3.8, 4) is 0 Å². The Bertz CT molecular complexity index is 280. The first kappa shape index (κ1) is 12.9. The van der Waals surface area contributed by atoms with Gasteiger partial charge in [0.05, 0.1) is 0 Å². The Morgan fingerprint density at radius 1 is 1.06 bits per heavy atom. The van der Waals surface area contributed by atoms with Crippen molar-refractivity contribution in [2.75, 3.05) is 6.54 Å². The van der Waals surface area contributed by atoms with E-state index in [1.165, 1.54) is 38.5 Å². The van der Waals surface area contributed by atoms with E-state index in [2.05, 4.69) is 16.9 Å². The van der Waals surface area contributed by atoms with Gasteiger partial charge in [-0.3, -0.25) is 9.98 Å². The maximum Gasteiger partial charge on any atom is 0.0389 e. The highest BCUT2D eigenvalue weighted by Gasteiger charge is 1.88. The molecule has 0 atom stereocenters. The molecule has 0 aliphatic rings. The minimum atomic E-state index is 0.953. The van der Waals surface area contributed by atoms with Gasteiger partial charge in [-0.25, -0.2) is 0 Å². The zero-order chi connectivity index (χ0) is 11.5. The van der Waals surface area contributed by atoms with Gasteiger partial charge in [-0.15, -0.1) is 0 Å². The lowest BCUT2D eigenvalue weighted by molar-refractivity contribution is 0.612. The third-order valence-electron chi connectivity index (χ3n) is 2.59. The Kier molecular flexibility index (Phi) is 7.31. The summed E-state index contributed by atoms with van der Waals surface area (Å²) in [7, 11) is 0. The fraction of sp³-hybridized carbons (Fsp3) is 0.571. The fourth-order valence-electron chi connectivity index (χ4n) is 1.60. The van der Waals surface area contributed by atoms with Crippen molar-refractivity contribution in [1.82, 2.24) is 4.98 Å². The molecule has 88 valence electrons. The molecule has 0 aromatic carbocycles. The molecule has 0 N–H and O–H groups in total. The van der Waals surface area contributed by atoms with E-state index in [-0.39, 0.29) is 0 Å². The van der Waals surface area contributed by atoms with Gasteiger partial charge < -0.3 is 0 Å². The third kappa shape index (κ3) is 6.33. The zero-order valence-electron chi connectivity index (χ0n) is 10.2. The van der Waals surface area contributed by atoms with Crippen LogP contribution in [0.15, 0.2) is 29.5 Å². The Hall–Kier alpha value is -1.18. The van der Waals surface area contributed by atoms with Gasteiger partial charge in [0, 0.05) is 25.2 Å². The molecule has 1 rings (SSSR count). The van der Waals surface area contributed by atoms with Gasteiger partial charge in [-0.1, -0.05) is 39.0 Å². The van der Waals surface area contributed by atoms with Crippen molar-refractivity contribution in [3.63, 3.8) is 0 Å². The Morgan fingerprint density at radius 3 is 2.50 bits per heavy atom. The summed E-state index contributed by atoms with van der Waals surface area (Å²) in [6.45, 7) is 3.20. The number of rotatable bonds is 8. The van der Waals surface area contributed by atoms with Crippen molar-refractivity contribution in [3.05, 3.63) is 30.1 Å². The predicted octanol–water partition coefficient (Wildman–Crippen LogP) is 3.86. The second kappa shape index (κ2) is 9.08. The second-order valence-electron chi connectivity index (χ2n) is 4.08. The lowest BCUT2D eigenvalue weighted by atomic mass is 10.1. The van der Waals surface area contributed by atoms with E-state index in [0.29, 0.717) is 0 Å². The van der Waals surface area contributed by atoms with Crippen molar-refractivity contribution in [2.24, 2.45) is 4.99 Å². The number of pyridine rings is 1. The van der Waals surface area contributed by atoms with Gasteiger partial charge in [0.1, 0.15) is 0 Å². The van der Waals surface area contributed by atoms with Crippen molar-refractivity contribution < 1.29 is 0 Å². The minimum absolute atomic E-state index is 0.953. The highest BCUT2D eigenvalue weighted by molar-refractivity contribution is 5.79. The summed E-state index contributed by atoms with van der Waals surface area (Å²) in [6, 6.07) is 3.95.